The quantitative estimate of drug-likeness (QED) is 0.757. The molecule has 2 heterocycles. The molecule has 1 aliphatic heterocycles. The van der Waals surface area contributed by atoms with Crippen LogP contribution in [0.4, 0.5) is 0 Å². The summed E-state index contributed by atoms with van der Waals surface area (Å²) in [6, 6.07) is 3.40. The van der Waals surface area contributed by atoms with Crippen LogP contribution >= 0.6 is 34.5 Å². The van der Waals surface area contributed by atoms with Gasteiger partial charge in [-0.1, -0.05) is 23.2 Å². The Bertz CT molecular complexity index is 801. The number of thiophene rings is 1. The molecule has 3 rings (SSSR count). The molecule has 122 valence electrons. The van der Waals surface area contributed by atoms with Crippen molar-refractivity contribution in [2.24, 2.45) is 0 Å². The van der Waals surface area contributed by atoms with E-state index in [4.69, 9.17) is 37.4 Å². The average Bonchev–Trinajstić information content (AvgIpc) is 3.00. The number of halogens is 2. The van der Waals surface area contributed by atoms with E-state index in [1.807, 2.05) is 0 Å². The summed E-state index contributed by atoms with van der Waals surface area (Å²) >= 11 is 13.6. The third-order valence-corrected chi connectivity index (χ3v) is 5.68. The number of cyclic esters (lactones) is 1. The number of fused-ring (bicyclic) bond motifs is 1. The first kappa shape index (κ1) is 16.4. The number of carbonyl (C=O) groups excluding carboxylic acids is 2. The summed E-state index contributed by atoms with van der Waals surface area (Å²) in [6.07, 6.45) is -0.831. The van der Waals surface area contributed by atoms with E-state index in [0.29, 0.717) is 27.3 Å². The van der Waals surface area contributed by atoms with Gasteiger partial charge < -0.3 is 14.2 Å². The van der Waals surface area contributed by atoms with Gasteiger partial charge in [0, 0.05) is 11.8 Å². The van der Waals surface area contributed by atoms with E-state index in [0.717, 1.165) is 11.3 Å². The van der Waals surface area contributed by atoms with Gasteiger partial charge in [0.05, 0.1) is 16.8 Å². The number of hydrogen-bond acceptors (Lipinski definition) is 6. The van der Waals surface area contributed by atoms with Crippen molar-refractivity contribution >= 4 is 56.6 Å². The Morgan fingerprint density at radius 1 is 1.35 bits per heavy atom. The molecule has 23 heavy (non-hydrogen) atoms. The van der Waals surface area contributed by atoms with E-state index in [-0.39, 0.29) is 16.0 Å². The first-order valence-electron chi connectivity index (χ1n) is 6.78. The van der Waals surface area contributed by atoms with Crippen molar-refractivity contribution in [3.05, 3.63) is 27.1 Å². The molecule has 5 nitrogen and oxygen atoms in total. The Morgan fingerprint density at radius 2 is 2.09 bits per heavy atom. The number of ether oxygens (including phenoxy) is 3. The van der Waals surface area contributed by atoms with E-state index in [2.05, 4.69) is 0 Å². The minimum Gasteiger partial charge on any atom is -0.495 e. The predicted molar refractivity (Wildman–Crippen MR) is 87.8 cm³/mol. The standard InChI is InChI=1S/C15H12Cl2O5S/c1-6-5-9(14(18)21-6)22-15(19)13-10(16)7-3-4-8(20-2)11(17)12(7)23-13/h3-4,6,9H,5H2,1-2H3/t6-,9-/m1/s1. The smallest absolute Gasteiger partial charge is 0.350 e. The van der Waals surface area contributed by atoms with E-state index in [1.54, 1.807) is 19.1 Å². The molecule has 0 saturated carbocycles. The highest BCUT2D eigenvalue weighted by Gasteiger charge is 2.36. The number of methoxy groups -OCH3 is 1. The zero-order chi connectivity index (χ0) is 16.7. The molecule has 0 spiro atoms. The van der Waals surface area contributed by atoms with Gasteiger partial charge >= 0.3 is 11.9 Å². The molecule has 0 radical (unpaired) electrons. The van der Waals surface area contributed by atoms with Gasteiger partial charge in [0.2, 0.25) is 6.10 Å². The molecule has 1 aliphatic rings. The molecule has 1 fully saturated rings. The molecular formula is C15H12Cl2O5S. The van der Waals surface area contributed by atoms with Crippen LogP contribution in [0.3, 0.4) is 0 Å². The van der Waals surface area contributed by atoms with Crippen molar-refractivity contribution in [3.8, 4) is 5.75 Å². The van der Waals surface area contributed by atoms with Crippen LogP contribution in [-0.2, 0) is 14.3 Å². The Balaban J connectivity index is 1.93. The summed E-state index contributed by atoms with van der Waals surface area (Å²) in [5.74, 6) is -0.713. The van der Waals surface area contributed by atoms with E-state index >= 15 is 0 Å². The minimum absolute atomic E-state index is 0.198. The van der Waals surface area contributed by atoms with Crippen LogP contribution in [0.5, 0.6) is 5.75 Å². The Labute approximate surface area is 146 Å². The van der Waals surface area contributed by atoms with Crippen molar-refractivity contribution < 1.29 is 23.8 Å². The van der Waals surface area contributed by atoms with Crippen LogP contribution in [-0.4, -0.2) is 31.3 Å². The topological polar surface area (TPSA) is 61.8 Å². The third-order valence-electron chi connectivity index (χ3n) is 3.48. The van der Waals surface area contributed by atoms with Gasteiger partial charge in [-0.05, 0) is 19.1 Å². The van der Waals surface area contributed by atoms with Gasteiger partial charge in [-0.3, -0.25) is 0 Å². The average molecular weight is 375 g/mol. The maximum atomic E-state index is 12.3. The highest BCUT2D eigenvalue weighted by molar-refractivity contribution is 7.22. The molecule has 1 aromatic carbocycles. The lowest BCUT2D eigenvalue weighted by atomic mass is 10.2. The summed E-state index contributed by atoms with van der Waals surface area (Å²) in [5, 5.41) is 1.26. The van der Waals surface area contributed by atoms with Gasteiger partial charge in [0.1, 0.15) is 21.8 Å². The van der Waals surface area contributed by atoms with Gasteiger partial charge in [-0.2, -0.15) is 0 Å². The van der Waals surface area contributed by atoms with Crippen molar-refractivity contribution in [3.63, 3.8) is 0 Å². The highest BCUT2D eigenvalue weighted by atomic mass is 35.5. The van der Waals surface area contributed by atoms with Crippen LogP contribution in [0, 0.1) is 0 Å². The minimum atomic E-state index is -0.899. The molecule has 2 aromatic rings. The lowest BCUT2D eigenvalue weighted by Crippen LogP contribution is -2.22. The van der Waals surface area contributed by atoms with Crippen LogP contribution in [0.2, 0.25) is 10.0 Å². The van der Waals surface area contributed by atoms with Crippen LogP contribution < -0.4 is 4.74 Å². The predicted octanol–water partition coefficient (Wildman–Crippen LogP) is 4.08. The molecular weight excluding hydrogens is 363 g/mol. The SMILES string of the molecule is COc1ccc2c(Cl)c(C(=O)O[C@@H]3C[C@@H](C)OC3=O)sc2c1Cl. The number of rotatable bonds is 3. The molecule has 0 N–H and O–H groups in total. The lowest BCUT2D eigenvalue weighted by molar-refractivity contribution is -0.147. The number of esters is 2. The zero-order valence-corrected chi connectivity index (χ0v) is 14.6. The summed E-state index contributed by atoms with van der Waals surface area (Å²) in [5.41, 5.74) is 0. The summed E-state index contributed by atoms with van der Waals surface area (Å²) in [4.78, 5) is 24.1. The second kappa shape index (κ2) is 6.19. The molecule has 2 atom stereocenters. The molecule has 0 unspecified atom stereocenters. The van der Waals surface area contributed by atoms with E-state index < -0.39 is 18.0 Å². The van der Waals surface area contributed by atoms with Crippen LogP contribution in [0.1, 0.15) is 23.0 Å². The Morgan fingerprint density at radius 3 is 2.70 bits per heavy atom. The van der Waals surface area contributed by atoms with Crippen molar-refractivity contribution in [2.45, 2.75) is 25.6 Å². The van der Waals surface area contributed by atoms with Crippen LogP contribution in [0.15, 0.2) is 12.1 Å². The molecule has 1 saturated heterocycles. The molecule has 1 aromatic heterocycles. The van der Waals surface area contributed by atoms with E-state index in [9.17, 15) is 9.59 Å². The highest BCUT2D eigenvalue weighted by Crippen LogP contribution is 2.43. The molecule has 0 aliphatic carbocycles. The Kier molecular flexibility index (Phi) is 4.40. The molecule has 0 bridgehead atoms. The number of benzene rings is 1. The number of hydrogen-bond donors (Lipinski definition) is 0. The van der Waals surface area contributed by atoms with Crippen molar-refractivity contribution in [1.29, 1.82) is 0 Å². The number of carbonyl (C=O) groups is 2. The molecule has 0 amide bonds. The maximum absolute atomic E-state index is 12.3. The van der Waals surface area contributed by atoms with Crippen molar-refractivity contribution in [1.82, 2.24) is 0 Å². The fourth-order valence-electron chi connectivity index (χ4n) is 2.37. The van der Waals surface area contributed by atoms with Gasteiger partial charge in [0.15, 0.2) is 0 Å². The summed E-state index contributed by atoms with van der Waals surface area (Å²) < 4.78 is 16.0. The van der Waals surface area contributed by atoms with Crippen molar-refractivity contribution in [2.75, 3.05) is 7.11 Å². The van der Waals surface area contributed by atoms with Gasteiger partial charge in [-0.25, -0.2) is 9.59 Å². The Hall–Kier alpha value is -1.50. The first-order valence-corrected chi connectivity index (χ1v) is 8.35. The summed E-state index contributed by atoms with van der Waals surface area (Å²) in [6.45, 7) is 1.74. The second-order valence-electron chi connectivity index (χ2n) is 5.08. The fraction of sp³-hybridized carbons (Fsp3) is 0.333. The third kappa shape index (κ3) is 2.86. The summed E-state index contributed by atoms with van der Waals surface area (Å²) in [7, 11) is 1.50. The lowest BCUT2D eigenvalue weighted by Gasteiger charge is -2.06. The molecule has 8 heteroatoms. The van der Waals surface area contributed by atoms with Gasteiger partial charge in [-0.15, -0.1) is 11.3 Å². The normalized spacial score (nSPS) is 20.6. The van der Waals surface area contributed by atoms with Gasteiger partial charge in [0.25, 0.3) is 0 Å². The largest absolute Gasteiger partial charge is 0.495 e. The monoisotopic (exact) mass is 374 g/mol. The first-order chi connectivity index (χ1) is 10.9. The second-order valence-corrected chi connectivity index (χ2v) is 6.86. The van der Waals surface area contributed by atoms with E-state index in [1.165, 1.54) is 7.11 Å². The maximum Gasteiger partial charge on any atom is 0.350 e. The van der Waals surface area contributed by atoms with Crippen LogP contribution in [0.25, 0.3) is 10.1 Å². The zero-order valence-electron chi connectivity index (χ0n) is 12.2. The fourth-order valence-corrected chi connectivity index (χ4v) is 4.14.